The van der Waals surface area contributed by atoms with E-state index in [1.165, 1.54) is 30.3 Å². The number of amides is 1. The van der Waals surface area contributed by atoms with Crippen molar-refractivity contribution in [2.24, 2.45) is 4.99 Å². The number of aliphatic imine (C=N–C) groups is 1. The maximum atomic E-state index is 13.5. The third-order valence-corrected chi connectivity index (χ3v) is 5.77. The number of hydrogen-bond acceptors (Lipinski definition) is 4. The van der Waals surface area contributed by atoms with Gasteiger partial charge in [-0.1, -0.05) is 37.5 Å². The van der Waals surface area contributed by atoms with Crippen molar-refractivity contribution >= 4 is 34.7 Å². The van der Waals surface area contributed by atoms with E-state index in [2.05, 4.69) is 9.98 Å². The second-order valence-electron chi connectivity index (χ2n) is 6.71. The zero-order valence-corrected chi connectivity index (χ0v) is 15.7. The molecule has 1 aliphatic heterocycles. The van der Waals surface area contributed by atoms with Crippen LogP contribution in [0.5, 0.6) is 0 Å². The van der Waals surface area contributed by atoms with E-state index in [1.54, 1.807) is 24.4 Å². The fourth-order valence-corrected chi connectivity index (χ4v) is 4.54. The first kappa shape index (κ1) is 17.9. The Bertz CT molecular complexity index is 891. The van der Waals surface area contributed by atoms with Gasteiger partial charge in [0.25, 0.3) is 5.91 Å². The van der Waals surface area contributed by atoms with Crippen LogP contribution in [-0.4, -0.2) is 27.0 Å². The van der Waals surface area contributed by atoms with E-state index in [0.29, 0.717) is 21.5 Å². The maximum absolute atomic E-state index is 13.5. The van der Waals surface area contributed by atoms with E-state index in [4.69, 9.17) is 0 Å². The number of benzene rings is 1. The number of rotatable bonds is 3. The van der Waals surface area contributed by atoms with Crippen LogP contribution >= 0.6 is 11.8 Å². The predicted molar refractivity (Wildman–Crippen MR) is 107 cm³/mol. The molecule has 0 atom stereocenters. The molecule has 1 saturated heterocycles. The van der Waals surface area contributed by atoms with Gasteiger partial charge in [-0.2, -0.15) is 0 Å². The smallest absolute Gasteiger partial charge is 0.267 e. The third kappa shape index (κ3) is 4.11. The summed E-state index contributed by atoms with van der Waals surface area (Å²) >= 11 is 1.34. The lowest BCUT2D eigenvalue weighted by Crippen LogP contribution is -2.40. The van der Waals surface area contributed by atoms with Gasteiger partial charge in [0.05, 0.1) is 4.91 Å². The normalized spacial score (nSPS) is 21.4. The molecule has 138 valence electrons. The van der Waals surface area contributed by atoms with Crippen molar-refractivity contribution in [2.45, 2.75) is 38.1 Å². The monoisotopic (exact) mass is 381 g/mol. The Morgan fingerprint density at radius 3 is 2.74 bits per heavy atom. The maximum Gasteiger partial charge on any atom is 0.267 e. The average molecular weight is 381 g/mol. The van der Waals surface area contributed by atoms with E-state index < -0.39 is 0 Å². The SMILES string of the molecule is O=C1/C(=C/c2cccc(F)c2)S/C(=N/c2ccccn2)N1C1CCCCC1. The first-order chi connectivity index (χ1) is 13.2. The Balaban J connectivity index is 1.69. The lowest BCUT2D eigenvalue weighted by atomic mass is 9.94. The van der Waals surface area contributed by atoms with Crippen LogP contribution in [0.3, 0.4) is 0 Å². The average Bonchev–Trinajstić information content (AvgIpc) is 2.98. The summed E-state index contributed by atoms with van der Waals surface area (Å²) in [4.78, 5) is 24.4. The molecule has 2 heterocycles. The number of nitrogens with zero attached hydrogens (tertiary/aromatic N) is 3. The molecule has 6 heteroatoms. The number of hydrogen-bond donors (Lipinski definition) is 0. The topological polar surface area (TPSA) is 45.6 Å². The summed E-state index contributed by atoms with van der Waals surface area (Å²) in [5, 5.41) is 0.660. The largest absolute Gasteiger partial charge is 0.283 e. The number of carbonyl (C=O) groups excluding carboxylic acids is 1. The van der Waals surface area contributed by atoms with E-state index in [1.807, 2.05) is 23.1 Å². The molecule has 4 nitrogen and oxygen atoms in total. The number of carbonyl (C=O) groups is 1. The molecule has 1 amide bonds. The van der Waals surface area contributed by atoms with Crippen molar-refractivity contribution in [3.05, 3.63) is 64.9 Å². The molecule has 2 fully saturated rings. The van der Waals surface area contributed by atoms with E-state index in [-0.39, 0.29) is 17.8 Å². The van der Waals surface area contributed by atoms with Crippen LogP contribution in [0.25, 0.3) is 6.08 Å². The van der Waals surface area contributed by atoms with Crippen LogP contribution in [0, 0.1) is 5.82 Å². The summed E-state index contributed by atoms with van der Waals surface area (Å²) in [7, 11) is 0. The Morgan fingerprint density at radius 1 is 1.15 bits per heavy atom. The van der Waals surface area contributed by atoms with Gasteiger partial charge in [-0.25, -0.2) is 14.4 Å². The highest BCUT2D eigenvalue weighted by molar-refractivity contribution is 8.18. The van der Waals surface area contributed by atoms with Crippen molar-refractivity contribution in [1.29, 1.82) is 0 Å². The molecule has 1 aromatic heterocycles. The molecule has 0 radical (unpaired) electrons. The summed E-state index contributed by atoms with van der Waals surface area (Å²) < 4.78 is 13.5. The highest BCUT2D eigenvalue weighted by atomic mass is 32.2. The Morgan fingerprint density at radius 2 is 2.00 bits per heavy atom. The Labute approximate surface area is 162 Å². The van der Waals surface area contributed by atoms with Gasteiger partial charge in [0.1, 0.15) is 5.82 Å². The molecule has 0 bridgehead atoms. The van der Waals surface area contributed by atoms with Gasteiger partial charge in [-0.3, -0.25) is 9.69 Å². The number of halogens is 1. The molecule has 1 aliphatic carbocycles. The number of pyridine rings is 1. The Hall–Kier alpha value is -2.47. The van der Waals surface area contributed by atoms with Crippen LogP contribution in [0.2, 0.25) is 0 Å². The zero-order valence-electron chi connectivity index (χ0n) is 14.8. The molecule has 2 aromatic rings. The molecule has 1 aromatic carbocycles. The van der Waals surface area contributed by atoms with Gasteiger partial charge < -0.3 is 0 Å². The van der Waals surface area contributed by atoms with Crippen LogP contribution in [0.1, 0.15) is 37.7 Å². The first-order valence-corrected chi connectivity index (χ1v) is 10.0. The van der Waals surface area contributed by atoms with Crippen molar-refractivity contribution in [2.75, 3.05) is 0 Å². The molecule has 2 aliphatic rings. The van der Waals surface area contributed by atoms with Gasteiger partial charge in [0.2, 0.25) is 0 Å². The van der Waals surface area contributed by atoms with Crippen molar-refractivity contribution in [3.63, 3.8) is 0 Å². The van der Waals surface area contributed by atoms with Gasteiger partial charge in [0.15, 0.2) is 11.0 Å². The molecule has 1 saturated carbocycles. The molecular weight excluding hydrogens is 361 g/mol. The summed E-state index contributed by atoms with van der Waals surface area (Å²) in [6, 6.07) is 12.0. The minimum Gasteiger partial charge on any atom is -0.283 e. The zero-order chi connectivity index (χ0) is 18.6. The van der Waals surface area contributed by atoms with Crippen molar-refractivity contribution < 1.29 is 9.18 Å². The molecule has 0 N–H and O–H groups in total. The minimum atomic E-state index is -0.314. The quantitative estimate of drug-likeness (QED) is 0.690. The fourth-order valence-electron chi connectivity index (χ4n) is 3.49. The lowest BCUT2D eigenvalue weighted by Gasteiger charge is -2.30. The van der Waals surface area contributed by atoms with E-state index >= 15 is 0 Å². The number of aromatic nitrogens is 1. The van der Waals surface area contributed by atoms with Crippen LogP contribution < -0.4 is 0 Å². The second kappa shape index (κ2) is 8.05. The van der Waals surface area contributed by atoms with Crippen LogP contribution in [0.15, 0.2) is 58.6 Å². The molecular formula is C21H20FN3OS. The minimum absolute atomic E-state index is 0.0501. The van der Waals surface area contributed by atoms with Crippen molar-refractivity contribution in [1.82, 2.24) is 9.88 Å². The Kier molecular flexibility index (Phi) is 5.34. The highest BCUT2D eigenvalue weighted by Gasteiger charge is 2.38. The van der Waals surface area contributed by atoms with Crippen LogP contribution in [-0.2, 0) is 4.79 Å². The molecule has 0 unspecified atom stereocenters. The predicted octanol–water partition coefficient (Wildman–Crippen LogP) is 5.16. The first-order valence-electron chi connectivity index (χ1n) is 9.19. The molecule has 0 spiro atoms. The van der Waals surface area contributed by atoms with E-state index in [9.17, 15) is 9.18 Å². The summed E-state index contributed by atoms with van der Waals surface area (Å²) in [6.45, 7) is 0. The molecule has 27 heavy (non-hydrogen) atoms. The van der Waals surface area contributed by atoms with Crippen molar-refractivity contribution in [3.8, 4) is 0 Å². The number of amidine groups is 1. The highest BCUT2D eigenvalue weighted by Crippen LogP contribution is 2.38. The van der Waals surface area contributed by atoms with E-state index in [0.717, 1.165) is 25.7 Å². The van der Waals surface area contributed by atoms with Gasteiger partial charge in [-0.05, 0) is 60.5 Å². The molecule has 4 rings (SSSR count). The third-order valence-electron chi connectivity index (χ3n) is 4.78. The lowest BCUT2D eigenvalue weighted by molar-refractivity contribution is -0.124. The summed E-state index contributed by atoms with van der Waals surface area (Å²) in [6.07, 6.45) is 8.87. The van der Waals surface area contributed by atoms with Crippen LogP contribution in [0.4, 0.5) is 10.2 Å². The number of thioether (sulfide) groups is 1. The van der Waals surface area contributed by atoms with Gasteiger partial charge >= 0.3 is 0 Å². The van der Waals surface area contributed by atoms with Gasteiger partial charge in [-0.15, -0.1) is 0 Å². The van der Waals surface area contributed by atoms with Gasteiger partial charge in [0, 0.05) is 12.2 Å². The summed E-state index contributed by atoms with van der Waals surface area (Å²) in [5.41, 5.74) is 0.675. The summed E-state index contributed by atoms with van der Waals surface area (Å²) in [5.74, 6) is 0.220. The fraction of sp³-hybridized carbons (Fsp3) is 0.286. The standard InChI is InChI=1S/C21H20FN3OS/c22-16-8-6-7-15(13-16)14-18-20(26)25(17-9-2-1-3-10-17)21(27-18)24-19-11-4-5-12-23-19/h4-8,11-14,17H,1-3,9-10H2/b18-14-,24-21+. The second-order valence-corrected chi connectivity index (χ2v) is 7.72.